The highest BCUT2D eigenvalue weighted by atomic mass is 32.2. The lowest BCUT2D eigenvalue weighted by Crippen LogP contribution is -2.01. The molecule has 3 rings (SSSR count). The Morgan fingerprint density at radius 3 is 2.68 bits per heavy atom. The van der Waals surface area contributed by atoms with Gasteiger partial charge in [-0.25, -0.2) is 4.98 Å². The van der Waals surface area contributed by atoms with Gasteiger partial charge in [0.1, 0.15) is 5.75 Å². The minimum absolute atomic E-state index is 0.785. The Labute approximate surface area is 149 Å². The second-order valence-corrected chi connectivity index (χ2v) is 9.42. The number of benzene rings is 1. The van der Waals surface area contributed by atoms with Crippen LogP contribution in [0.5, 0.6) is 5.75 Å². The number of fused-ring (bicyclic) bond motifs is 1. The van der Waals surface area contributed by atoms with Crippen LogP contribution in [0.4, 0.5) is 0 Å². The van der Waals surface area contributed by atoms with Crippen molar-refractivity contribution in [3.8, 4) is 5.75 Å². The lowest BCUT2D eigenvalue weighted by Gasteiger charge is -2.16. The number of pyridine rings is 1. The van der Waals surface area contributed by atoms with Crippen LogP contribution in [0.1, 0.15) is 29.3 Å². The molecule has 2 heterocycles. The van der Waals surface area contributed by atoms with E-state index in [-0.39, 0.29) is 0 Å². The smallest absolute Gasteiger partial charge is 0.155 e. The number of hydrogen-bond donors (Lipinski definition) is 1. The van der Waals surface area contributed by atoms with Crippen LogP contribution >= 0.6 is 9.21 Å². The number of rotatable bonds is 4. The molecule has 0 aliphatic carbocycles. The summed E-state index contributed by atoms with van der Waals surface area (Å²) in [7, 11) is 0.183. The van der Waals surface area contributed by atoms with Gasteiger partial charge in [-0.2, -0.15) is 0 Å². The van der Waals surface area contributed by atoms with Gasteiger partial charge in [-0.05, 0) is 56.5 Å². The predicted molar refractivity (Wildman–Crippen MR) is 110 cm³/mol. The van der Waals surface area contributed by atoms with Gasteiger partial charge in [0.15, 0.2) is 5.16 Å². The number of methoxy groups -OCH3 is 1. The van der Waals surface area contributed by atoms with Crippen molar-refractivity contribution in [2.75, 3.05) is 7.11 Å². The molecule has 0 fully saturated rings. The van der Waals surface area contributed by atoms with E-state index in [1.54, 1.807) is 7.11 Å². The summed E-state index contributed by atoms with van der Waals surface area (Å²) in [5.74, 6) is 6.15. The van der Waals surface area contributed by atoms with Crippen LogP contribution in [0.2, 0.25) is 0 Å². The molecule has 0 amide bonds. The third kappa shape index (κ3) is 3.16. The van der Waals surface area contributed by atoms with Gasteiger partial charge >= 0.3 is 0 Å². The SMILES string of the molecule is C=S(=CC)(Cc1ncc(C)c(C)c1C)c1nc2ccc(OC)cc2[nH]1. The number of nitrogens with one attached hydrogen (secondary N) is 1. The highest BCUT2D eigenvalue weighted by Crippen LogP contribution is 2.37. The molecular weight excluding hydrogens is 330 g/mol. The number of aryl methyl sites for hydroxylation is 1. The average molecular weight is 356 g/mol. The van der Waals surface area contributed by atoms with Gasteiger partial charge in [0.25, 0.3) is 0 Å². The summed E-state index contributed by atoms with van der Waals surface area (Å²) < 4.78 is 5.30. The largest absolute Gasteiger partial charge is 0.497 e. The maximum atomic E-state index is 5.30. The fourth-order valence-corrected chi connectivity index (χ4v) is 4.72. The normalized spacial score (nSPS) is 13.6. The van der Waals surface area contributed by atoms with Crippen molar-refractivity contribution in [3.63, 3.8) is 0 Å². The molecule has 1 N–H and O–H groups in total. The number of nitrogens with zero attached hydrogens (tertiary/aromatic N) is 2. The molecule has 1 unspecified atom stereocenters. The summed E-state index contributed by atoms with van der Waals surface area (Å²) in [5, 5.41) is 3.11. The highest BCUT2D eigenvalue weighted by molar-refractivity contribution is 8.27. The van der Waals surface area contributed by atoms with Gasteiger partial charge in [0.2, 0.25) is 0 Å². The first kappa shape index (κ1) is 17.5. The molecule has 0 aliphatic rings. The fourth-order valence-electron chi connectivity index (χ4n) is 2.82. The summed E-state index contributed by atoms with van der Waals surface area (Å²) >= 11 is 0. The summed E-state index contributed by atoms with van der Waals surface area (Å²) in [6.07, 6.45) is 1.96. The average Bonchev–Trinajstić information content (AvgIpc) is 3.06. The van der Waals surface area contributed by atoms with E-state index < -0.39 is 9.21 Å². The topological polar surface area (TPSA) is 50.8 Å². The van der Waals surface area contributed by atoms with Gasteiger partial charge in [-0.1, -0.05) is 11.2 Å². The first-order valence-electron chi connectivity index (χ1n) is 8.27. The molecule has 0 radical (unpaired) electrons. The second-order valence-electron chi connectivity index (χ2n) is 6.39. The molecule has 0 spiro atoms. The molecule has 3 aromatic rings. The van der Waals surface area contributed by atoms with E-state index in [1.807, 2.05) is 24.4 Å². The molecular formula is C20H25N3OS. The van der Waals surface area contributed by atoms with Crippen LogP contribution in [0.15, 0.2) is 29.6 Å². The Bertz CT molecular complexity index is 1060. The molecule has 4 nitrogen and oxygen atoms in total. The zero-order valence-corrected chi connectivity index (χ0v) is 16.3. The van der Waals surface area contributed by atoms with Gasteiger partial charge in [-0.3, -0.25) is 4.98 Å². The molecule has 5 heteroatoms. The molecule has 1 atom stereocenters. The van der Waals surface area contributed by atoms with Crippen molar-refractivity contribution in [2.24, 2.45) is 0 Å². The monoisotopic (exact) mass is 355 g/mol. The van der Waals surface area contributed by atoms with Crippen LogP contribution in [-0.4, -0.2) is 33.3 Å². The number of ether oxygens (including phenoxy) is 1. The van der Waals surface area contributed by atoms with E-state index in [4.69, 9.17) is 9.72 Å². The fraction of sp³-hybridized carbons (Fsp3) is 0.300. The molecule has 25 heavy (non-hydrogen) atoms. The molecule has 132 valence electrons. The second kappa shape index (κ2) is 6.56. The van der Waals surface area contributed by atoms with Gasteiger partial charge in [0.05, 0.1) is 23.8 Å². The Morgan fingerprint density at radius 1 is 1.24 bits per heavy atom. The maximum absolute atomic E-state index is 5.30. The van der Waals surface area contributed by atoms with E-state index >= 15 is 0 Å². The Kier molecular flexibility index (Phi) is 4.60. The third-order valence-electron chi connectivity index (χ3n) is 4.90. The summed E-state index contributed by atoms with van der Waals surface area (Å²) in [4.78, 5) is 12.9. The summed E-state index contributed by atoms with van der Waals surface area (Å²) in [6, 6.07) is 5.88. The molecule has 0 saturated heterocycles. The first-order chi connectivity index (χ1) is 11.9. The van der Waals surface area contributed by atoms with Crippen molar-refractivity contribution >= 4 is 31.5 Å². The first-order valence-corrected chi connectivity index (χ1v) is 10.3. The van der Waals surface area contributed by atoms with Gasteiger partial charge < -0.3 is 9.72 Å². The lowest BCUT2D eigenvalue weighted by molar-refractivity contribution is 0.415. The third-order valence-corrected chi connectivity index (χ3v) is 7.55. The zero-order valence-electron chi connectivity index (χ0n) is 15.5. The molecule has 2 aromatic heterocycles. The Morgan fingerprint density at radius 2 is 2.00 bits per heavy atom. The van der Waals surface area contributed by atoms with Crippen LogP contribution in [0.25, 0.3) is 11.0 Å². The van der Waals surface area contributed by atoms with Gasteiger partial charge in [-0.15, -0.1) is 9.21 Å². The van der Waals surface area contributed by atoms with Crippen LogP contribution in [0.3, 0.4) is 0 Å². The molecule has 0 bridgehead atoms. The molecule has 1 aromatic carbocycles. The number of aromatic nitrogens is 3. The zero-order chi connectivity index (χ0) is 18.2. The van der Waals surface area contributed by atoms with Crippen molar-refractivity contribution in [2.45, 2.75) is 38.6 Å². The van der Waals surface area contributed by atoms with E-state index in [0.29, 0.717) is 0 Å². The van der Waals surface area contributed by atoms with Crippen molar-refractivity contribution in [3.05, 3.63) is 46.8 Å². The number of hydrogen-bond acceptors (Lipinski definition) is 3. The van der Waals surface area contributed by atoms with Gasteiger partial charge in [0, 0.05) is 18.0 Å². The number of imidazole rings is 1. The predicted octanol–water partition coefficient (Wildman–Crippen LogP) is 4.51. The summed E-state index contributed by atoms with van der Waals surface area (Å²) in [6.45, 7) is 8.46. The Balaban J connectivity index is 2.07. The highest BCUT2D eigenvalue weighted by Gasteiger charge is 2.14. The van der Waals surface area contributed by atoms with Crippen LogP contribution in [0, 0.1) is 20.8 Å². The quantitative estimate of drug-likeness (QED) is 0.701. The van der Waals surface area contributed by atoms with Crippen molar-refractivity contribution in [1.29, 1.82) is 0 Å². The van der Waals surface area contributed by atoms with E-state index in [9.17, 15) is 0 Å². The van der Waals surface area contributed by atoms with E-state index in [0.717, 1.165) is 33.4 Å². The van der Waals surface area contributed by atoms with Crippen molar-refractivity contribution in [1.82, 2.24) is 15.0 Å². The standard InChI is InChI=1S/C20H25N3OS/c1-7-25(6,12-19-15(4)14(3)13(2)11-21-19)20-22-17-9-8-16(24-5)10-18(17)23-20/h7-11H,6,12H2,1-5H3,(H,22,23). The van der Waals surface area contributed by atoms with E-state index in [1.165, 1.54) is 16.7 Å². The minimum atomic E-state index is -1.49. The summed E-state index contributed by atoms with van der Waals surface area (Å²) in [5.41, 5.74) is 6.79. The van der Waals surface area contributed by atoms with Crippen LogP contribution < -0.4 is 4.74 Å². The van der Waals surface area contributed by atoms with E-state index in [2.05, 4.69) is 48.9 Å². The maximum Gasteiger partial charge on any atom is 0.155 e. The molecule has 0 aliphatic heterocycles. The minimum Gasteiger partial charge on any atom is -0.497 e. The van der Waals surface area contributed by atoms with Crippen LogP contribution in [-0.2, 0) is 5.75 Å². The van der Waals surface area contributed by atoms with Crippen molar-refractivity contribution < 1.29 is 4.74 Å². The number of H-pyrrole nitrogens is 1. The number of aromatic amines is 1. The molecule has 0 saturated carbocycles. The lowest BCUT2D eigenvalue weighted by atomic mass is 10.1. The Hall–Kier alpha value is -2.27.